The zero-order valence-electron chi connectivity index (χ0n) is 14.7. The third-order valence-corrected chi connectivity index (χ3v) is 10.1. The quantitative estimate of drug-likeness (QED) is 0.647. The third-order valence-electron chi connectivity index (χ3n) is 10.1. The average molecular weight is 300 g/mol. The summed E-state index contributed by atoms with van der Waals surface area (Å²) in [5.41, 5.74) is 1.78. The van der Waals surface area contributed by atoms with Crippen LogP contribution in [0.5, 0.6) is 0 Å². The average Bonchev–Trinajstić information content (AvgIpc) is 2.94. The van der Waals surface area contributed by atoms with Crippen LogP contribution in [0.25, 0.3) is 0 Å². The minimum atomic E-state index is 0.343. The lowest BCUT2D eigenvalue weighted by Gasteiger charge is -2.58. The van der Waals surface area contributed by atoms with Crippen LogP contribution in [0.1, 0.15) is 78.6 Å². The van der Waals surface area contributed by atoms with E-state index in [-0.39, 0.29) is 0 Å². The number of rotatable bonds is 1. The lowest BCUT2D eigenvalue weighted by molar-refractivity contribution is -0.131. The molecule has 0 aliphatic heterocycles. The summed E-state index contributed by atoms with van der Waals surface area (Å²) >= 11 is 0. The van der Waals surface area contributed by atoms with E-state index in [0.717, 1.165) is 29.1 Å². The number of ketones is 1. The second-order valence-electron chi connectivity index (χ2n) is 10.2. The zero-order valence-corrected chi connectivity index (χ0v) is 14.7. The van der Waals surface area contributed by atoms with Gasteiger partial charge in [0.05, 0.1) is 0 Å². The van der Waals surface area contributed by atoms with Crippen LogP contribution in [0.2, 0.25) is 0 Å². The maximum absolute atomic E-state index is 12.2. The fourth-order valence-corrected chi connectivity index (χ4v) is 8.90. The van der Waals surface area contributed by atoms with Crippen LogP contribution in [-0.4, -0.2) is 5.78 Å². The second kappa shape index (κ2) is 4.01. The van der Waals surface area contributed by atoms with Crippen molar-refractivity contribution in [1.82, 2.24) is 0 Å². The highest BCUT2D eigenvalue weighted by Gasteiger charge is 2.73. The monoisotopic (exact) mass is 300 g/mol. The van der Waals surface area contributed by atoms with Gasteiger partial charge in [0.15, 0.2) is 0 Å². The summed E-state index contributed by atoms with van der Waals surface area (Å²) in [5.74, 6) is 4.73. The Bertz CT molecular complexity index is 538. The van der Waals surface area contributed by atoms with Crippen LogP contribution in [-0.2, 0) is 4.79 Å². The molecule has 0 saturated heterocycles. The van der Waals surface area contributed by atoms with Crippen molar-refractivity contribution in [2.24, 2.45) is 45.8 Å². The number of carbonyl (C=O) groups excluding carboxylic acids is 1. The van der Waals surface area contributed by atoms with Crippen molar-refractivity contribution in [3.63, 3.8) is 0 Å². The Hall–Kier alpha value is -0.330. The van der Waals surface area contributed by atoms with Crippen molar-refractivity contribution >= 4 is 5.78 Å². The first kappa shape index (κ1) is 14.1. The Labute approximate surface area is 135 Å². The fourth-order valence-electron chi connectivity index (χ4n) is 8.90. The van der Waals surface area contributed by atoms with Gasteiger partial charge in [-0.2, -0.15) is 0 Å². The molecule has 122 valence electrons. The first-order valence-electron chi connectivity index (χ1n) is 9.93. The van der Waals surface area contributed by atoms with Gasteiger partial charge in [0, 0.05) is 5.92 Å². The van der Waals surface area contributed by atoms with Gasteiger partial charge in [0.25, 0.3) is 0 Å². The maximum atomic E-state index is 12.2. The molecule has 0 radical (unpaired) electrons. The van der Waals surface area contributed by atoms with Gasteiger partial charge in [0.2, 0.25) is 0 Å². The van der Waals surface area contributed by atoms with E-state index < -0.39 is 0 Å². The van der Waals surface area contributed by atoms with Gasteiger partial charge in [-0.15, -0.1) is 0 Å². The Morgan fingerprint density at radius 2 is 1.73 bits per heavy atom. The van der Waals surface area contributed by atoms with E-state index >= 15 is 0 Å². The molecule has 0 aromatic carbocycles. The van der Waals surface area contributed by atoms with Crippen LogP contribution >= 0.6 is 0 Å². The van der Waals surface area contributed by atoms with E-state index in [4.69, 9.17) is 0 Å². The van der Waals surface area contributed by atoms with Crippen LogP contribution in [0.3, 0.4) is 0 Å². The van der Waals surface area contributed by atoms with Gasteiger partial charge in [-0.25, -0.2) is 0 Å². The SMILES string of the molecule is CC(=O)[C@H]1CC[C@H]2[C@@H]3CC[C@@]45C[C@H]4CC[C@]5(C)[C@H]3CC[C@]12C. The normalized spacial score (nSPS) is 61.9. The minimum absolute atomic E-state index is 0.343. The number of carbonyl (C=O) groups is 1. The Morgan fingerprint density at radius 1 is 0.909 bits per heavy atom. The van der Waals surface area contributed by atoms with Gasteiger partial charge in [-0.05, 0) is 105 Å². The lowest BCUT2D eigenvalue weighted by Crippen LogP contribution is -2.52. The molecule has 5 fully saturated rings. The molecule has 0 amide bonds. The van der Waals surface area contributed by atoms with E-state index in [2.05, 4.69) is 13.8 Å². The molecule has 1 heteroatoms. The van der Waals surface area contributed by atoms with Crippen molar-refractivity contribution in [1.29, 1.82) is 0 Å². The van der Waals surface area contributed by atoms with Gasteiger partial charge in [-0.3, -0.25) is 4.79 Å². The van der Waals surface area contributed by atoms with E-state index in [1.54, 1.807) is 6.42 Å². The molecule has 5 aliphatic carbocycles. The van der Waals surface area contributed by atoms with E-state index in [9.17, 15) is 4.79 Å². The van der Waals surface area contributed by atoms with Gasteiger partial charge >= 0.3 is 0 Å². The van der Waals surface area contributed by atoms with Gasteiger partial charge in [0.1, 0.15) is 5.78 Å². The molecule has 0 aromatic rings. The molecular weight excluding hydrogens is 268 g/mol. The number of fused-ring (bicyclic) bond motifs is 4. The number of hydrogen-bond acceptors (Lipinski definition) is 1. The molecule has 0 heterocycles. The van der Waals surface area contributed by atoms with Crippen LogP contribution < -0.4 is 0 Å². The molecule has 5 saturated carbocycles. The molecule has 1 nitrogen and oxygen atoms in total. The van der Waals surface area contributed by atoms with Gasteiger partial charge in [-0.1, -0.05) is 13.8 Å². The fraction of sp³-hybridized carbons (Fsp3) is 0.952. The molecule has 0 N–H and O–H groups in total. The summed E-state index contributed by atoms with van der Waals surface area (Å²) in [4.78, 5) is 12.2. The van der Waals surface area contributed by atoms with Crippen molar-refractivity contribution in [2.45, 2.75) is 78.6 Å². The largest absolute Gasteiger partial charge is 0.300 e. The first-order chi connectivity index (χ1) is 10.4. The summed E-state index contributed by atoms with van der Waals surface area (Å²) in [7, 11) is 0. The lowest BCUT2D eigenvalue weighted by atomic mass is 9.46. The number of Topliss-reactive ketones (excluding diaryl/α,β-unsaturated/α-hetero) is 1. The minimum Gasteiger partial charge on any atom is -0.300 e. The van der Waals surface area contributed by atoms with E-state index in [0.29, 0.717) is 22.5 Å². The highest BCUT2D eigenvalue weighted by Crippen LogP contribution is 2.81. The van der Waals surface area contributed by atoms with Crippen LogP contribution in [0.15, 0.2) is 0 Å². The third kappa shape index (κ3) is 1.37. The Morgan fingerprint density at radius 3 is 2.45 bits per heavy atom. The van der Waals surface area contributed by atoms with Crippen molar-refractivity contribution < 1.29 is 4.79 Å². The van der Waals surface area contributed by atoms with Crippen molar-refractivity contribution in [2.75, 3.05) is 0 Å². The first-order valence-corrected chi connectivity index (χ1v) is 9.93. The summed E-state index contributed by atoms with van der Waals surface area (Å²) in [5, 5.41) is 0. The van der Waals surface area contributed by atoms with Crippen LogP contribution in [0.4, 0.5) is 0 Å². The standard InChI is InChI=1S/C21H32O/c1-13(22)16-4-5-17-15-7-11-21-12-14(21)6-10-20(21,3)18(15)8-9-19(16,17)2/h14-18H,4-12H2,1-3H3/t14-,15+,16-,17+,18+,19-,20-,21-/m1/s1. The van der Waals surface area contributed by atoms with Crippen molar-refractivity contribution in [3.8, 4) is 0 Å². The molecule has 0 unspecified atom stereocenters. The predicted molar refractivity (Wildman–Crippen MR) is 88.3 cm³/mol. The molecular formula is C21H32O. The molecule has 5 rings (SSSR count). The number of hydrogen-bond donors (Lipinski definition) is 0. The highest BCUT2D eigenvalue weighted by atomic mass is 16.1. The second-order valence-corrected chi connectivity index (χ2v) is 10.2. The maximum Gasteiger partial charge on any atom is 0.133 e. The highest BCUT2D eigenvalue weighted by molar-refractivity contribution is 5.79. The molecule has 5 aliphatic rings. The molecule has 0 aromatic heterocycles. The summed E-state index contributed by atoms with van der Waals surface area (Å²) < 4.78 is 0. The molecule has 8 atom stereocenters. The Balaban J connectivity index is 1.49. The molecule has 1 spiro atoms. The zero-order chi connectivity index (χ0) is 15.3. The summed E-state index contributed by atoms with van der Waals surface area (Å²) in [6.07, 6.45) is 12.9. The van der Waals surface area contributed by atoms with Crippen molar-refractivity contribution in [3.05, 3.63) is 0 Å². The topological polar surface area (TPSA) is 17.1 Å². The summed E-state index contributed by atoms with van der Waals surface area (Å²) in [6.45, 7) is 7.01. The van der Waals surface area contributed by atoms with E-state index in [1.165, 1.54) is 51.4 Å². The molecule has 22 heavy (non-hydrogen) atoms. The summed E-state index contributed by atoms with van der Waals surface area (Å²) in [6, 6.07) is 0. The molecule has 0 bridgehead atoms. The Kier molecular flexibility index (Phi) is 2.56. The van der Waals surface area contributed by atoms with E-state index in [1.807, 2.05) is 6.92 Å². The predicted octanol–water partition coefficient (Wildman–Crippen LogP) is 5.23. The van der Waals surface area contributed by atoms with Gasteiger partial charge < -0.3 is 0 Å². The van der Waals surface area contributed by atoms with Crippen LogP contribution in [0, 0.1) is 45.8 Å². The smallest absolute Gasteiger partial charge is 0.133 e.